The van der Waals surface area contributed by atoms with Crippen LogP contribution >= 0.6 is 0 Å². The standard InChI is InChI=1S/2C6H14N2.C4H4O4/c2*1-3-8-5-4-7(2)6-8;5-3(6)1-2-4(7)8/h2*3-6H2,1-2H3;1-2H,(H,5,6)(H,7,8). The minimum Gasteiger partial charge on any atom is -0.478 e. The molecule has 0 unspecified atom stereocenters. The summed E-state index contributed by atoms with van der Waals surface area (Å²) in [6.07, 6.45) is 1.12. The molecule has 0 atom stereocenters. The summed E-state index contributed by atoms with van der Waals surface area (Å²) < 4.78 is 0. The van der Waals surface area contributed by atoms with E-state index in [9.17, 15) is 9.59 Å². The topological polar surface area (TPSA) is 87.6 Å². The van der Waals surface area contributed by atoms with Crippen LogP contribution in [0.1, 0.15) is 13.8 Å². The number of carbonyl (C=O) groups is 2. The lowest BCUT2D eigenvalue weighted by Crippen LogP contribution is -2.22. The lowest BCUT2D eigenvalue weighted by atomic mass is 10.5. The molecule has 0 aliphatic carbocycles. The van der Waals surface area contributed by atoms with E-state index in [4.69, 9.17) is 10.2 Å². The Hall–Kier alpha value is -1.48. The van der Waals surface area contributed by atoms with Crippen LogP contribution in [0.25, 0.3) is 0 Å². The fraction of sp³-hybridized carbons (Fsp3) is 0.750. The molecule has 0 amide bonds. The van der Waals surface area contributed by atoms with Gasteiger partial charge in [0.25, 0.3) is 0 Å². The molecule has 2 saturated heterocycles. The van der Waals surface area contributed by atoms with Crippen LogP contribution in [0.4, 0.5) is 0 Å². The fourth-order valence-corrected chi connectivity index (χ4v) is 2.25. The van der Waals surface area contributed by atoms with Crippen molar-refractivity contribution in [2.75, 3.05) is 66.7 Å². The van der Waals surface area contributed by atoms with Crippen molar-refractivity contribution in [1.29, 1.82) is 0 Å². The van der Waals surface area contributed by atoms with Gasteiger partial charge in [-0.05, 0) is 27.2 Å². The number of aliphatic carboxylic acids is 2. The Kier molecular flexibility index (Phi) is 12.1. The van der Waals surface area contributed by atoms with Gasteiger partial charge in [0.05, 0.1) is 13.3 Å². The molecule has 24 heavy (non-hydrogen) atoms. The van der Waals surface area contributed by atoms with Gasteiger partial charge in [-0.3, -0.25) is 19.6 Å². The summed E-state index contributed by atoms with van der Waals surface area (Å²) in [6, 6.07) is 0. The molecule has 0 saturated carbocycles. The number of rotatable bonds is 4. The van der Waals surface area contributed by atoms with Crippen molar-refractivity contribution in [2.24, 2.45) is 0 Å². The molecule has 0 aromatic heterocycles. The minimum absolute atomic E-state index is 0.558. The third-order valence-electron chi connectivity index (χ3n) is 3.74. The summed E-state index contributed by atoms with van der Waals surface area (Å²) in [6.45, 7) is 14.1. The molecule has 0 aromatic carbocycles. The summed E-state index contributed by atoms with van der Waals surface area (Å²) in [5, 5.41) is 15.6. The zero-order chi connectivity index (χ0) is 18.5. The van der Waals surface area contributed by atoms with Crippen molar-refractivity contribution in [1.82, 2.24) is 19.6 Å². The van der Waals surface area contributed by atoms with Crippen LogP contribution in [0.2, 0.25) is 0 Å². The van der Waals surface area contributed by atoms with Gasteiger partial charge in [0, 0.05) is 38.3 Å². The minimum atomic E-state index is -1.26. The molecule has 2 fully saturated rings. The SMILES string of the molecule is CCN1CCN(C)C1.CCN1CCN(C)C1.O=C(O)C=CC(=O)O. The first kappa shape index (κ1) is 22.5. The van der Waals surface area contributed by atoms with Gasteiger partial charge in [-0.25, -0.2) is 9.59 Å². The van der Waals surface area contributed by atoms with E-state index >= 15 is 0 Å². The molecular weight excluding hydrogens is 312 g/mol. The number of likely N-dealkylation sites (N-methyl/N-ethyl adjacent to an activating group) is 4. The Morgan fingerprint density at radius 2 is 1.12 bits per heavy atom. The Bertz CT molecular complexity index is 368. The Balaban J connectivity index is 0.000000331. The summed E-state index contributed by atoms with van der Waals surface area (Å²) >= 11 is 0. The molecule has 2 heterocycles. The average Bonchev–Trinajstić information content (AvgIpc) is 3.14. The molecule has 140 valence electrons. The lowest BCUT2D eigenvalue weighted by Gasteiger charge is -2.10. The van der Waals surface area contributed by atoms with Crippen LogP contribution in [0.5, 0.6) is 0 Å². The third kappa shape index (κ3) is 12.0. The van der Waals surface area contributed by atoms with Crippen LogP contribution in [0.3, 0.4) is 0 Å². The van der Waals surface area contributed by atoms with E-state index in [1.165, 1.54) is 39.3 Å². The number of carboxylic acid groups (broad SMARTS) is 2. The van der Waals surface area contributed by atoms with Crippen molar-refractivity contribution in [3.05, 3.63) is 12.2 Å². The largest absolute Gasteiger partial charge is 0.478 e. The molecule has 8 nitrogen and oxygen atoms in total. The molecule has 2 rings (SSSR count). The second-order valence-electron chi connectivity index (χ2n) is 5.87. The number of carboxylic acids is 2. The lowest BCUT2D eigenvalue weighted by molar-refractivity contribution is -0.134. The van der Waals surface area contributed by atoms with E-state index in [1.54, 1.807) is 0 Å². The van der Waals surface area contributed by atoms with Crippen molar-refractivity contribution >= 4 is 11.9 Å². The zero-order valence-corrected chi connectivity index (χ0v) is 15.3. The smallest absolute Gasteiger partial charge is 0.328 e. The highest BCUT2D eigenvalue weighted by atomic mass is 16.4. The van der Waals surface area contributed by atoms with E-state index in [2.05, 4.69) is 47.5 Å². The maximum atomic E-state index is 9.55. The molecule has 2 aliphatic rings. The van der Waals surface area contributed by atoms with Gasteiger partial charge in [-0.15, -0.1) is 0 Å². The molecule has 8 heteroatoms. The summed E-state index contributed by atoms with van der Waals surface area (Å²) in [5.74, 6) is -2.51. The number of hydrogen-bond acceptors (Lipinski definition) is 6. The predicted octanol–water partition coefficient (Wildman–Crippen LogP) is 0.134. The van der Waals surface area contributed by atoms with Gasteiger partial charge in [0.1, 0.15) is 0 Å². The van der Waals surface area contributed by atoms with E-state index in [0.717, 1.165) is 13.3 Å². The average molecular weight is 344 g/mol. The first-order valence-corrected chi connectivity index (χ1v) is 8.24. The van der Waals surface area contributed by atoms with Crippen LogP contribution in [0.15, 0.2) is 12.2 Å². The first-order chi connectivity index (χ1) is 11.3. The molecule has 0 spiro atoms. The second-order valence-corrected chi connectivity index (χ2v) is 5.87. The first-order valence-electron chi connectivity index (χ1n) is 8.24. The van der Waals surface area contributed by atoms with E-state index in [-0.39, 0.29) is 0 Å². The molecule has 0 radical (unpaired) electrons. The maximum absolute atomic E-state index is 9.55. The summed E-state index contributed by atoms with van der Waals surface area (Å²) in [4.78, 5) is 28.6. The Morgan fingerprint density at radius 3 is 1.25 bits per heavy atom. The summed E-state index contributed by atoms with van der Waals surface area (Å²) in [5.41, 5.74) is 0. The van der Waals surface area contributed by atoms with Gasteiger partial charge < -0.3 is 10.2 Å². The van der Waals surface area contributed by atoms with Crippen molar-refractivity contribution in [3.8, 4) is 0 Å². The normalized spacial score (nSPS) is 19.7. The monoisotopic (exact) mass is 344 g/mol. The Labute approximate surface area is 144 Å². The van der Waals surface area contributed by atoms with E-state index in [1.807, 2.05) is 0 Å². The van der Waals surface area contributed by atoms with Crippen LogP contribution in [0, 0.1) is 0 Å². The third-order valence-corrected chi connectivity index (χ3v) is 3.74. The van der Waals surface area contributed by atoms with Gasteiger partial charge in [-0.1, -0.05) is 13.8 Å². The van der Waals surface area contributed by atoms with Gasteiger partial charge in [-0.2, -0.15) is 0 Å². The van der Waals surface area contributed by atoms with Crippen LogP contribution < -0.4 is 0 Å². The van der Waals surface area contributed by atoms with Gasteiger partial charge in [0.15, 0.2) is 0 Å². The molecule has 0 aromatic rings. The Morgan fingerprint density at radius 1 is 0.792 bits per heavy atom. The maximum Gasteiger partial charge on any atom is 0.328 e. The van der Waals surface area contributed by atoms with Crippen LogP contribution in [-0.2, 0) is 9.59 Å². The molecular formula is C16H32N4O4. The number of nitrogens with zero attached hydrogens (tertiary/aromatic N) is 4. The van der Waals surface area contributed by atoms with Gasteiger partial charge >= 0.3 is 11.9 Å². The molecule has 0 bridgehead atoms. The van der Waals surface area contributed by atoms with E-state index < -0.39 is 11.9 Å². The molecule has 2 N–H and O–H groups in total. The fourth-order valence-electron chi connectivity index (χ4n) is 2.25. The highest BCUT2D eigenvalue weighted by Gasteiger charge is 2.13. The predicted molar refractivity (Wildman–Crippen MR) is 93.9 cm³/mol. The molecule has 2 aliphatic heterocycles. The quantitative estimate of drug-likeness (QED) is 0.696. The van der Waals surface area contributed by atoms with Gasteiger partial charge in [0.2, 0.25) is 0 Å². The van der Waals surface area contributed by atoms with Crippen molar-refractivity contribution in [3.63, 3.8) is 0 Å². The van der Waals surface area contributed by atoms with Crippen molar-refractivity contribution in [2.45, 2.75) is 13.8 Å². The van der Waals surface area contributed by atoms with E-state index in [0.29, 0.717) is 12.2 Å². The zero-order valence-electron chi connectivity index (χ0n) is 15.3. The summed E-state index contributed by atoms with van der Waals surface area (Å²) in [7, 11) is 4.32. The number of hydrogen-bond donors (Lipinski definition) is 2. The second kappa shape index (κ2) is 12.9. The van der Waals surface area contributed by atoms with Crippen molar-refractivity contribution < 1.29 is 19.8 Å². The van der Waals surface area contributed by atoms with Crippen LogP contribution in [-0.4, -0.2) is 108 Å². The highest BCUT2D eigenvalue weighted by Crippen LogP contribution is 1.99. The highest BCUT2D eigenvalue weighted by molar-refractivity contribution is 5.89.